The van der Waals surface area contributed by atoms with Gasteiger partial charge < -0.3 is 14.2 Å². The van der Waals surface area contributed by atoms with Gasteiger partial charge in [0.05, 0.1) is 11.9 Å². The van der Waals surface area contributed by atoms with Crippen LogP contribution in [0, 0.1) is 0 Å². The van der Waals surface area contributed by atoms with E-state index in [9.17, 15) is 18.3 Å². The van der Waals surface area contributed by atoms with E-state index in [0.29, 0.717) is 23.8 Å². The molecule has 1 fully saturated rings. The van der Waals surface area contributed by atoms with Crippen LogP contribution >= 0.6 is 0 Å². The minimum atomic E-state index is -4.81. The highest BCUT2D eigenvalue weighted by atomic mass is 19.4. The maximum Gasteiger partial charge on any atom is 0.424 e. The average molecular weight is 327 g/mol. The Balaban J connectivity index is 1.86. The van der Waals surface area contributed by atoms with Gasteiger partial charge in [0.25, 0.3) is 0 Å². The van der Waals surface area contributed by atoms with Crippen LogP contribution in [0.15, 0.2) is 10.7 Å². The van der Waals surface area contributed by atoms with E-state index in [0.717, 1.165) is 31.0 Å². The van der Waals surface area contributed by atoms with Crippen molar-refractivity contribution in [2.75, 3.05) is 0 Å². The van der Waals surface area contributed by atoms with Crippen LogP contribution in [0.2, 0.25) is 0 Å². The van der Waals surface area contributed by atoms with E-state index in [1.807, 2.05) is 6.92 Å². The van der Waals surface area contributed by atoms with E-state index in [-0.39, 0.29) is 6.04 Å². The average Bonchev–Trinajstić information content (AvgIpc) is 3.03. The minimum Gasteiger partial charge on any atom is -0.374 e. The second kappa shape index (κ2) is 4.37. The normalized spacial score (nSPS) is 23.3. The smallest absolute Gasteiger partial charge is 0.374 e. The molecule has 0 saturated heterocycles. The molecule has 0 bridgehead atoms. The first-order valence-corrected chi connectivity index (χ1v) is 7.57. The van der Waals surface area contributed by atoms with E-state index in [4.69, 9.17) is 4.52 Å². The highest BCUT2D eigenvalue weighted by Crippen LogP contribution is 2.48. The quantitative estimate of drug-likeness (QED) is 0.919. The molecule has 0 unspecified atom stereocenters. The van der Waals surface area contributed by atoms with Gasteiger partial charge in [-0.3, -0.25) is 0 Å². The third-order valence-corrected chi connectivity index (χ3v) is 4.74. The van der Waals surface area contributed by atoms with Crippen molar-refractivity contribution in [2.45, 2.75) is 56.8 Å². The molecule has 1 aliphatic carbocycles. The molecule has 23 heavy (non-hydrogen) atoms. The molecule has 0 amide bonds. The van der Waals surface area contributed by atoms with Crippen LogP contribution in [-0.4, -0.2) is 26.0 Å². The summed E-state index contributed by atoms with van der Waals surface area (Å²) < 4.78 is 46.3. The predicted octanol–water partition coefficient (Wildman–Crippen LogP) is 3.30. The summed E-state index contributed by atoms with van der Waals surface area (Å²) in [6.45, 7) is 2.54. The van der Waals surface area contributed by atoms with Gasteiger partial charge in [0.15, 0.2) is 11.6 Å². The Kier molecular flexibility index (Phi) is 2.80. The van der Waals surface area contributed by atoms with Crippen molar-refractivity contribution < 1.29 is 22.8 Å². The molecule has 3 heterocycles. The van der Waals surface area contributed by atoms with Crippen molar-refractivity contribution in [3.05, 3.63) is 23.3 Å². The summed E-state index contributed by atoms with van der Waals surface area (Å²) in [5, 5.41) is 14.1. The molecule has 4 rings (SSSR count). The molecule has 1 saturated carbocycles. The molecule has 1 aliphatic heterocycles. The summed E-state index contributed by atoms with van der Waals surface area (Å²) in [6, 6.07) is -0.263. The van der Waals surface area contributed by atoms with Crippen LogP contribution in [0.4, 0.5) is 13.2 Å². The number of rotatable bonds is 2. The Morgan fingerprint density at radius 2 is 2.04 bits per heavy atom. The lowest BCUT2D eigenvalue weighted by Gasteiger charge is -2.30. The fourth-order valence-corrected chi connectivity index (χ4v) is 3.25. The molecule has 8 heteroatoms. The Labute approximate surface area is 130 Å². The van der Waals surface area contributed by atoms with Crippen LogP contribution in [0.5, 0.6) is 0 Å². The number of hydrogen-bond donors (Lipinski definition) is 1. The lowest BCUT2D eigenvalue weighted by Crippen LogP contribution is -2.42. The topological polar surface area (TPSA) is 64.1 Å². The van der Waals surface area contributed by atoms with Crippen molar-refractivity contribution in [1.82, 2.24) is 14.7 Å². The third-order valence-electron chi connectivity index (χ3n) is 4.74. The lowest BCUT2D eigenvalue weighted by molar-refractivity contribution is -0.262. The number of alkyl halides is 3. The molecule has 0 spiro atoms. The Morgan fingerprint density at radius 3 is 2.65 bits per heavy atom. The lowest BCUT2D eigenvalue weighted by atomic mass is 9.96. The van der Waals surface area contributed by atoms with Crippen molar-refractivity contribution in [3.63, 3.8) is 0 Å². The van der Waals surface area contributed by atoms with Crippen LogP contribution in [0.3, 0.4) is 0 Å². The highest BCUT2D eigenvalue weighted by Gasteiger charge is 2.55. The number of hydrogen-bond acceptors (Lipinski definition) is 4. The van der Waals surface area contributed by atoms with E-state index < -0.39 is 17.6 Å². The Hall–Kier alpha value is -1.83. The molecule has 2 aromatic rings. The van der Waals surface area contributed by atoms with Gasteiger partial charge in [-0.15, -0.1) is 0 Å². The van der Waals surface area contributed by atoms with Gasteiger partial charge in [-0.05, 0) is 33.1 Å². The van der Waals surface area contributed by atoms with Crippen LogP contribution in [0.1, 0.15) is 55.7 Å². The maximum absolute atomic E-state index is 13.2. The molecule has 0 radical (unpaired) electrons. The predicted molar refractivity (Wildman–Crippen MR) is 73.7 cm³/mol. The molecule has 2 aromatic heterocycles. The summed E-state index contributed by atoms with van der Waals surface area (Å²) >= 11 is 0. The zero-order chi connectivity index (χ0) is 16.6. The largest absolute Gasteiger partial charge is 0.424 e. The number of nitrogens with zero attached hydrogens (tertiary/aromatic N) is 3. The summed E-state index contributed by atoms with van der Waals surface area (Å²) in [5.74, 6) is 0.464. The van der Waals surface area contributed by atoms with Crippen molar-refractivity contribution in [3.8, 4) is 11.5 Å². The molecule has 5 nitrogen and oxygen atoms in total. The second-order valence-electron chi connectivity index (χ2n) is 6.61. The van der Waals surface area contributed by atoms with Crippen molar-refractivity contribution >= 4 is 0 Å². The molecular formula is C15H16F3N3O2. The number of aromatic nitrogens is 3. The first kappa shape index (κ1) is 14.7. The van der Waals surface area contributed by atoms with E-state index in [1.165, 1.54) is 10.8 Å². The maximum atomic E-state index is 13.2. The molecule has 2 atom stereocenters. The van der Waals surface area contributed by atoms with E-state index in [2.05, 4.69) is 10.1 Å². The molecule has 2 aliphatic rings. The SMILES string of the molecule is C[C@H]1Cc2c(C3CC3)noc2-c2cnc([C@@](C)(O)C(F)(F)F)n21. The first-order chi connectivity index (χ1) is 10.7. The first-order valence-electron chi connectivity index (χ1n) is 7.57. The van der Waals surface area contributed by atoms with Gasteiger partial charge >= 0.3 is 6.18 Å². The summed E-state index contributed by atoms with van der Waals surface area (Å²) in [7, 11) is 0. The summed E-state index contributed by atoms with van der Waals surface area (Å²) in [5.41, 5.74) is -0.692. The fourth-order valence-electron chi connectivity index (χ4n) is 3.25. The Morgan fingerprint density at radius 1 is 1.35 bits per heavy atom. The van der Waals surface area contributed by atoms with Gasteiger partial charge in [-0.25, -0.2) is 4.98 Å². The number of imidazole rings is 1. The van der Waals surface area contributed by atoms with E-state index >= 15 is 0 Å². The highest BCUT2D eigenvalue weighted by molar-refractivity contribution is 5.61. The van der Waals surface area contributed by atoms with Gasteiger partial charge in [0.1, 0.15) is 5.69 Å². The van der Waals surface area contributed by atoms with Crippen LogP contribution < -0.4 is 0 Å². The summed E-state index contributed by atoms with van der Waals surface area (Å²) in [6.07, 6.45) is -0.822. The van der Waals surface area contributed by atoms with Gasteiger partial charge in [0.2, 0.25) is 5.60 Å². The zero-order valence-corrected chi connectivity index (χ0v) is 12.7. The van der Waals surface area contributed by atoms with Crippen LogP contribution in [-0.2, 0) is 12.0 Å². The third kappa shape index (κ3) is 1.97. The monoisotopic (exact) mass is 327 g/mol. The minimum absolute atomic E-state index is 0.263. The van der Waals surface area contributed by atoms with Gasteiger partial charge in [-0.1, -0.05) is 5.16 Å². The van der Waals surface area contributed by atoms with Gasteiger partial charge in [-0.2, -0.15) is 13.2 Å². The fraction of sp³-hybridized carbons (Fsp3) is 0.600. The molecule has 124 valence electrons. The number of halogens is 3. The molecule has 1 N–H and O–H groups in total. The Bertz CT molecular complexity index is 772. The van der Waals surface area contributed by atoms with Crippen molar-refractivity contribution in [1.29, 1.82) is 0 Å². The van der Waals surface area contributed by atoms with Crippen LogP contribution in [0.25, 0.3) is 11.5 Å². The number of fused-ring (bicyclic) bond motifs is 3. The summed E-state index contributed by atoms with van der Waals surface area (Å²) in [4.78, 5) is 3.86. The van der Waals surface area contributed by atoms with E-state index in [1.54, 1.807) is 0 Å². The zero-order valence-electron chi connectivity index (χ0n) is 12.7. The van der Waals surface area contributed by atoms with Crippen molar-refractivity contribution in [2.24, 2.45) is 0 Å². The molecular weight excluding hydrogens is 311 g/mol. The molecule has 0 aromatic carbocycles. The van der Waals surface area contributed by atoms with Gasteiger partial charge in [0, 0.05) is 17.5 Å². The standard InChI is InChI=1S/C15H16F3N3O2/c1-7-5-9-11(8-3-4-8)20-23-12(9)10-6-19-13(21(7)10)14(2,22)15(16,17)18/h6-8,22H,3-5H2,1-2H3/t7-,14+/m0/s1. The second-order valence-corrected chi connectivity index (χ2v) is 6.61. The number of aliphatic hydroxyl groups is 1.